The smallest absolute Gasteiger partial charge is 0.255 e. The molecule has 1 unspecified atom stereocenters. The SMILES string of the molecule is O=S(=O)(CF)C1Cc2c(OC3CC(F)(F)C3)cncc2C12OCCO2. The lowest BCUT2D eigenvalue weighted by Crippen LogP contribution is -2.43. The standard InChI is InChI=1S/C15H16F3NO5S/c16-8-25(20,21)13-3-10-11(15(13)22-1-2-23-15)6-19-7-12(10)24-9-4-14(17,18)5-9/h6-7,9,13H,1-5,8H2. The molecule has 1 saturated carbocycles. The maximum Gasteiger partial charge on any atom is 0.255 e. The molecule has 4 rings (SSSR count). The molecule has 2 fully saturated rings. The zero-order chi connectivity index (χ0) is 17.9. The Labute approximate surface area is 142 Å². The molecule has 10 heteroatoms. The van der Waals surface area contributed by atoms with Crippen molar-refractivity contribution in [1.29, 1.82) is 0 Å². The molecule has 138 valence electrons. The molecular formula is C15H16F3NO5S. The van der Waals surface area contributed by atoms with E-state index in [4.69, 9.17) is 14.2 Å². The highest BCUT2D eigenvalue weighted by atomic mass is 32.2. The number of hydrogen-bond donors (Lipinski definition) is 0. The fourth-order valence-corrected chi connectivity index (χ4v) is 4.96. The number of sulfone groups is 1. The number of halogens is 3. The van der Waals surface area contributed by atoms with Gasteiger partial charge in [0.2, 0.25) is 5.79 Å². The Morgan fingerprint density at radius 2 is 1.92 bits per heavy atom. The van der Waals surface area contributed by atoms with Gasteiger partial charge in [-0.25, -0.2) is 21.6 Å². The van der Waals surface area contributed by atoms with Crippen molar-refractivity contribution in [3.05, 3.63) is 23.5 Å². The molecule has 1 spiro atoms. The monoisotopic (exact) mass is 379 g/mol. The van der Waals surface area contributed by atoms with Gasteiger partial charge >= 0.3 is 0 Å². The van der Waals surface area contributed by atoms with Gasteiger partial charge < -0.3 is 14.2 Å². The average Bonchev–Trinajstić information content (AvgIpc) is 3.14. The number of rotatable bonds is 4. The van der Waals surface area contributed by atoms with Crippen LogP contribution in [-0.4, -0.2) is 49.9 Å². The van der Waals surface area contributed by atoms with Crippen LogP contribution < -0.4 is 4.74 Å². The van der Waals surface area contributed by atoms with Gasteiger partial charge in [-0.3, -0.25) is 4.98 Å². The van der Waals surface area contributed by atoms with Crippen LogP contribution in [0.4, 0.5) is 13.2 Å². The fraction of sp³-hybridized carbons (Fsp3) is 0.667. The van der Waals surface area contributed by atoms with Crippen molar-refractivity contribution in [3.8, 4) is 5.75 Å². The van der Waals surface area contributed by atoms with E-state index < -0.39 is 51.7 Å². The topological polar surface area (TPSA) is 74.7 Å². The van der Waals surface area contributed by atoms with Gasteiger partial charge in [-0.05, 0) is 6.42 Å². The first-order valence-corrected chi connectivity index (χ1v) is 9.56. The zero-order valence-corrected chi connectivity index (χ0v) is 13.9. The second-order valence-electron chi connectivity index (χ2n) is 6.50. The second-order valence-corrected chi connectivity index (χ2v) is 8.61. The summed E-state index contributed by atoms with van der Waals surface area (Å²) in [7, 11) is -4.13. The Kier molecular flexibility index (Phi) is 3.79. The van der Waals surface area contributed by atoms with Crippen molar-refractivity contribution < 1.29 is 35.8 Å². The van der Waals surface area contributed by atoms with Crippen LogP contribution in [0.25, 0.3) is 0 Å². The molecule has 0 aromatic carbocycles. The summed E-state index contributed by atoms with van der Waals surface area (Å²) in [6.07, 6.45) is 1.20. The Morgan fingerprint density at radius 3 is 2.52 bits per heavy atom. The Bertz CT molecular complexity index is 786. The summed E-state index contributed by atoms with van der Waals surface area (Å²) in [5.74, 6) is -4.14. The van der Waals surface area contributed by atoms with Crippen LogP contribution in [0, 0.1) is 0 Å². The summed E-state index contributed by atoms with van der Waals surface area (Å²) >= 11 is 0. The molecule has 0 bridgehead atoms. The lowest BCUT2D eigenvalue weighted by molar-refractivity contribution is -0.160. The maximum atomic E-state index is 13.1. The van der Waals surface area contributed by atoms with E-state index in [0.717, 1.165) is 0 Å². The van der Waals surface area contributed by atoms with Crippen molar-refractivity contribution in [1.82, 2.24) is 4.98 Å². The third-order valence-electron chi connectivity index (χ3n) is 4.85. The van der Waals surface area contributed by atoms with Crippen molar-refractivity contribution in [2.45, 2.75) is 42.3 Å². The number of nitrogens with zero attached hydrogens (tertiary/aromatic N) is 1. The molecule has 2 aliphatic carbocycles. The highest BCUT2D eigenvalue weighted by Gasteiger charge is 2.58. The van der Waals surface area contributed by atoms with Crippen LogP contribution >= 0.6 is 0 Å². The van der Waals surface area contributed by atoms with Gasteiger partial charge in [0.1, 0.15) is 17.1 Å². The number of alkyl halides is 3. The highest BCUT2D eigenvalue weighted by Crippen LogP contribution is 2.50. The van der Waals surface area contributed by atoms with Gasteiger partial charge in [-0.15, -0.1) is 0 Å². The van der Waals surface area contributed by atoms with E-state index in [1.165, 1.54) is 12.4 Å². The van der Waals surface area contributed by atoms with Crippen LogP contribution in [0.2, 0.25) is 0 Å². The van der Waals surface area contributed by atoms with Crippen molar-refractivity contribution >= 4 is 9.84 Å². The molecule has 1 aliphatic heterocycles. The van der Waals surface area contributed by atoms with E-state index in [2.05, 4.69) is 4.98 Å². The third-order valence-corrected chi connectivity index (χ3v) is 6.50. The van der Waals surface area contributed by atoms with E-state index in [-0.39, 0.29) is 25.4 Å². The first-order chi connectivity index (χ1) is 11.8. The van der Waals surface area contributed by atoms with Crippen LogP contribution in [-0.2, 0) is 31.5 Å². The lowest BCUT2D eigenvalue weighted by Gasteiger charge is -2.35. The van der Waals surface area contributed by atoms with Crippen molar-refractivity contribution in [3.63, 3.8) is 0 Å². The van der Waals surface area contributed by atoms with Crippen LogP contribution in [0.5, 0.6) is 5.75 Å². The molecule has 1 atom stereocenters. The van der Waals surface area contributed by atoms with E-state index >= 15 is 0 Å². The normalized spacial score (nSPS) is 27.2. The number of aromatic nitrogens is 1. The third kappa shape index (κ3) is 2.61. The van der Waals surface area contributed by atoms with Gasteiger partial charge in [-0.1, -0.05) is 0 Å². The average molecular weight is 379 g/mol. The summed E-state index contributed by atoms with van der Waals surface area (Å²) in [6.45, 7) is 0.329. The number of fused-ring (bicyclic) bond motifs is 2. The van der Waals surface area contributed by atoms with Gasteiger partial charge in [-0.2, -0.15) is 0 Å². The highest BCUT2D eigenvalue weighted by molar-refractivity contribution is 7.91. The number of ether oxygens (including phenoxy) is 3. The van der Waals surface area contributed by atoms with E-state index in [1.807, 2.05) is 0 Å². The molecule has 0 radical (unpaired) electrons. The first-order valence-electron chi connectivity index (χ1n) is 7.85. The summed E-state index contributed by atoms with van der Waals surface area (Å²) in [5, 5.41) is -1.27. The number of hydrogen-bond acceptors (Lipinski definition) is 6. The maximum absolute atomic E-state index is 13.1. The van der Waals surface area contributed by atoms with Gasteiger partial charge in [0.05, 0.1) is 19.4 Å². The molecular weight excluding hydrogens is 363 g/mol. The minimum absolute atomic E-state index is 0.0808. The van der Waals surface area contributed by atoms with Crippen LogP contribution in [0.1, 0.15) is 24.0 Å². The molecule has 2 heterocycles. The van der Waals surface area contributed by atoms with Gasteiger partial charge in [0.15, 0.2) is 15.8 Å². The van der Waals surface area contributed by atoms with E-state index in [0.29, 0.717) is 11.1 Å². The predicted octanol–water partition coefficient (Wildman–Crippen LogP) is 1.72. The molecule has 3 aliphatic rings. The predicted molar refractivity (Wildman–Crippen MR) is 78.8 cm³/mol. The van der Waals surface area contributed by atoms with E-state index in [9.17, 15) is 21.6 Å². The largest absolute Gasteiger partial charge is 0.488 e. The quantitative estimate of drug-likeness (QED) is 0.793. The summed E-state index contributed by atoms with van der Waals surface area (Å²) in [6, 6.07) is -1.54. The Hall–Kier alpha value is -1.39. The summed E-state index contributed by atoms with van der Waals surface area (Å²) in [5.41, 5.74) is 0.810. The van der Waals surface area contributed by atoms with Crippen molar-refractivity contribution in [2.75, 3.05) is 19.2 Å². The van der Waals surface area contributed by atoms with Gasteiger partial charge in [0, 0.05) is 30.2 Å². The number of pyridine rings is 1. The molecule has 0 amide bonds. The lowest BCUT2D eigenvalue weighted by atomic mass is 9.91. The van der Waals surface area contributed by atoms with Crippen LogP contribution in [0.15, 0.2) is 12.4 Å². The molecule has 1 saturated heterocycles. The zero-order valence-electron chi connectivity index (χ0n) is 13.1. The minimum Gasteiger partial charge on any atom is -0.488 e. The fourth-order valence-electron chi connectivity index (χ4n) is 3.65. The van der Waals surface area contributed by atoms with E-state index in [1.54, 1.807) is 0 Å². The minimum atomic E-state index is -4.13. The summed E-state index contributed by atoms with van der Waals surface area (Å²) in [4.78, 5) is 4.00. The Balaban J connectivity index is 1.70. The van der Waals surface area contributed by atoms with Gasteiger partial charge in [0.25, 0.3) is 5.92 Å². The first kappa shape index (κ1) is 17.0. The Morgan fingerprint density at radius 1 is 1.24 bits per heavy atom. The second kappa shape index (κ2) is 5.55. The molecule has 25 heavy (non-hydrogen) atoms. The molecule has 6 nitrogen and oxygen atoms in total. The molecule has 1 aromatic heterocycles. The molecule has 0 N–H and O–H groups in total. The summed E-state index contributed by atoms with van der Waals surface area (Å²) < 4.78 is 80.3. The van der Waals surface area contributed by atoms with Crippen molar-refractivity contribution in [2.24, 2.45) is 0 Å². The molecule has 1 aromatic rings. The van der Waals surface area contributed by atoms with Crippen LogP contribution in [0.3, 0.4) is 0 Å².